The second-order valence-corrected chi connectivity index (χ2v) is 4.57. The quantitative estimate of drug-likeness (QED) is 0.861. The molecule has 0 radical (unpaired) electrons. The van der Waals surface area contributed by atoms with E-state index in [4.69, 9.17) is 10.3 Å². The van der Waals surface area contributed by atoms with Crippen LogP contribution in [0.1, 0.15) is 30.4 Å². The summed E-state index contributed by atoms with van der Waals surface area (Å²) in [5.74, 6) is 1.26. The van der Waals surface area contributed by atoms with E-state index in [1.807, 2.05) is 13.1 Å². The van der Waals surface area contributed by atoms with Gasteiger partial charge in [0, 0.05) is 19.7 Å². The first kappa shape index (κ1) is 11.2. The molecule has 0 aliphatic carbocycles. The van der Waals surface area contributed by atoms with Gasteiger partial charge in [-0.25, -0.2) is 4.68 Å². The fraction of sp³-hybridized carbons (Fsp3) is 0.545. The average molecular weight is 248 g/mol. The molecule has 2 N–H and O–H groups in total. The van der Waals surface area contributed by atoms with E-state index in [-0.39, 0.29) is 6.04 Å². The largest absolute Gasteiger partial charge is 0.368 e. The molecule has 1 saturated heterocycles. The minimum atomic E-state index is 0.227. The number of likely N-dealkylation sites (tertiary alicyclic amines) is 1. The highest BCUT2D eigenvalue weighted by Crippen LogP contribution is 2.31. The molecule has 1 unspecified atom stereocenters. The maximum absolute atomic E-state index is 5.73. The van der Waals surface area contributed by atoms with Gasteiger partial charge in [0.15, 0.2) is 5.82 Å². The maximum Gasteiger partial charge on any atom is 0.218 e. The van der Waals surface area contributed by atoms with Crippen molar-refractivity contribution in [3.63, 3.8) is 0 Å². The van der Waals surface area contributed by atoms with Crippen LogP contribution in [0.2, 0.25) is 0 Å². The molecule has 1 aliphatic heterocycles. The first-order valence-electron chi connectivity index (χ1n) is 6.04. The van der Waals surface area contributed by atoms with E-state index in [0.29, 0.717) is 5.95 Å². The zero-order valence-electron chi connectivity index (χ0n) is 10.3. The van der Waals surface area contributed by atoms with E-state index in [1.54, 1.807) is 10.9 Å². The number of aromatic nitrogens is 4. The van der Waals surface area contributed by atoms with Crippen LogP contribution in [0.3, 0.4) is 0 Å². The molecule has 96 valence electrons. The van der Waals surface area contributed by atoms with Crippen molar-refractivity contribution in [2.45, 2.75) is 25.4 Å². The molecule has 7 nitrogen and oxygen atoms in total. The highest BCUT2D eigenvalue weighted by molar-refractivity contribution is 5.17. The number of nitrogen functional groups attached to an aromatic ring is 1. The topological polar surface area (TPSA) is 86.0 Å². The van der Waals surface area contributed by atoms with Gasteiger partial charge < -0.3 is 10.3 Å². The molecule has 0 spiro atoms. The maximum atomic E-state index is 5.73. The summed E-state index contributed by atoms with van der Waals surface area (Å²) < 4.78 is 6.47. The molecule has 2 aromatic heterocycles. The molecule has 0 aromatic carbocycles. The summed E-state index contributed by atoms with van der Waals surface area (Å²) in [6.07, 6.45) is 3.79. The molecular weight excluding hydrogens is 232 g/mol. The van der Waals surface area contributed by atoms with Crippen LogP contribution in [-0.4, -0.2) is 31.4 Å². The average Bonchev–Trinajstić information content (AvgIpc) is 3.03. The summed E-state index contributed by atoms with van der Waals surface area (Å²) >= 11 is 0. The van der Waals surface area contributed by atoms with Gasteiger partial charge in [-0.05, 0) is 19.4 Å². The molecule has 0 bridgehead atoms. The van der Waals surface area contributed by atoms with E-state index < -0.39 is 0 Å². The Bertz CT molecular complexity index is 500. The molecule has 18 heavy (non-hydrogen) atoms. The Balaban J connectivity index is 1.78. The summed E-state index contributed by atoms with van der Waals surface area (Å²) in [5.41, 5.74) is 6.67. The van der Waals surface area contributed by atoms with Crippen molar-refractivity contribution in [1.29, 1.82) is 0 Å². The van der Waals surface area contributed by atoms with E-state index >= 15 is 0 Å². The molecule has 1 fully saturated rings. The second kappa shape index (κ2) is 4.41. The van der Waals surface area contributed by atoms with Crippen LogP contribution >= 0.6 is 0 Å². The van der Waals surface area contributed by atoms with Crippen molar-refractivity contribution in [3.8, 4) is 0 Å². The minimum absolute atomic E-state index is 0.227. The van der Waals surface area contributed by atoms with E-state index in [2.05, 4.69) is 20.1 Å². The fourth-order valence-electron chi connectivity index (χ4n) is 2.39. The van der Waals surface area contributed by atoms with Crippen LogP contribution in [0.4, 0.5) is 5.95 Å². The molecule has 3 rings (SSSR count). The third kappa shape index (κ3) is 1.97. The van der Waals surface area contributed by atoms with E-state index in [0.717, 1.165) is 37.4 Å². The van der Waals surface area contributed by atoms with Gasteiger partial charge in [-0.2, -0.15) is 10.1 Å². The number of rotatable bonds is 3. The normalized spacial score (nSPS) is 20.6. The van der Waals surface area contributed by atoms with Gasteiger partial charge in [0.2, 0.25) is 5.95 Å². The second-order valence-electron chi connectivity index (χ2n) is 4.57. The molecule has 1 aliphatic rings. The van der Waals surface area contributed by atoms with Gasteiger partial charge in [0.25, 0.3) is 0 Å². The summed E-state index contributed by atoms with van der Waals surface area (Å²) in [4.78, 5) is 6.63. The Morgan fingerprint density at radius 1 is 1.56 bits per heavy atom. The highest BCUT2D eigenvalue weighted by Gasteiger charge is 2.30. The summed E-state index contributed by atoms with van der Waals surface area (Å²) in [6.45, 7) is 1.79. The fourth-order valence-corrected chi connectivity index (χ4v) is 2.39. The van der Waals surface area contributed by atoms with Crippen molar-refractivity contribution in [1.82, 2.24) is 24.8 Å². The third-order valence-corrected chi connectivity index (χ3v) is 3.33. The van der Waals surface area contributed by atoms with Gasteiger partial charge in [-0.3, -0.25) is 4.90 Å². The van der Waals surface area contributed by atoms with E-state index in [1.165, 1.54) is 0 Å². The van der Waals surface area contributed by atoms with E-state index in [9.17, 15) is 0 Å². The predicted molar refractivity (Wildman–Crippen MR) is 64.3 cm³/mol. The van der Waals surface area contributed by atoms with Crippen LogP contribution in [0.5, 0.6) is 0 Å². The minimum Gasteiger partial charge on any atom is -0.368 e. The van der Waals surface area contributed by atoms with Crippen LogP contribution in [0.25, 0.3) is 0 Å². The smallest absolute Gasteiger partial charge is 0.218 e. The summed E-state index contributed by atoms with van der Waals surface area (Å²) in [7, 11) is 1.81. The predicted octanol–water partition coefficient (Wildman–Crippen LogP) is 0.722. The van der Waals surface area contributed by atoms with Crippen LogP contribution < -0.4 is 5.73 Å². The monoisotopic (exact) mass is 248 g/mol. The number of anilines is 1. The lowest BCUT2D eigenvalue weighted by Gasteiger charge is -2.20. The van der Waals surface area contributed by atoms with Crippen molar-refractivity contribution in [2.24, 2.45) is 7.05 Å². The van der Waals surface area contributed by atoms with Gasteiger partial charge in [0.05, 0.1) is 11.7 Å². The first-order valence-corrected chi connectivity index (χ1v) is 6.04. The number of hydrogen-bond donors (Lipinski definition) is 1. The van der Waals surface area contributed by atoms with Crippen molar-refractivity contribution in [3.05, 3.63) is 23.8 Å². The Hall–Kier alpha value is -1.89. The molecule has 0 saturated carbocycles. The molecule has 1 atom stereocenters. The molecule has 3 heterocycles. The lowest BCUT2D eigenvalue weighted by molar-refractivity contribution is 0.232. The number of nitrogens with two attached hydrogens (primary N) is 1. The van der Waals surface area contributed by atoms with Gasteiger partial charge in [-0.15, -0.1) is 0 Å². The van der Waals surface area contributed by atoms with Gasteiger partial charge in [0.1, 0.15) is 6.26 Å². The lowest BCUT2D eigenvalue weighted by atomic mass is 10.2. The van der Waals surface area contributed by atoms with Crippen LogP contribution in [0.15, 0.2) is 16.9 Å². The first-order chi connectivity index (χ1) is 8.74. The number of aryl methyl sites for hydroxylation is 1. The molecule has 0 amide bonds. The van der Waals surface area contributed by atoms with Crippen molar-refractivity contribution >= 4 is 5.95 Å². The Morgan fingerprint density at radius 2 is 2.44 bits per heavy atom. The van der Waals surface area contributed by atoms with Crippen molar-refractivity contribution in [2.75, 3.05) is 12.3 Å². The van der Waals surface area contributed by atoms with Gasteiger partial charge in [-0.1, -0.05) is 5.16 Å². The van der Waals surface area contributed by atoms with Crippen molar-refractivity contribution < 1.29 is 4.52 Å². The zero-order valence-corrected chi connectivity index (χ0v) is 10.3. The Morgan fingerprint density at radius 3 is 3.11 bits per heavy atom. The SMILES string of the molecule is Cn1nc(C2CCCN2Cc2ccon2)nc1N. The van der Waals surface area contributed by atoms with Gasteiger partial charge >= 0.3 is 0 Å². The lowest BCUT2D eigenvalue weighted by Crippen LogP contribution is -2.23. The summed E-state index contributed by atoms with van der Waals surface area (Å²) in [6, 6.07) is 2.11. The number of nitrogens with zero attached hydrogens (tertiary/aromatic N) is 5. The molecule has 7 heteroatoms. The van der Waals surface area contributed by atoms with Crippen LogP contribution in [-0.2, 0) is 13.6 Å². The zero-order chi connectivity index (χ0) is 12.5. The molecular formula is C11H16N6O. The third-order valence-electron chi connectivity index (χ3n) is 3.33. The standard InChI is InChI=1S/C11H16N6O/c1-16-11(12)13-10(14-16)9-3-2-5-17(9)7-8-4-6-18-15-8/h4,6,9H,2-3,5,7H2,1H3,(H2,12,13,14). The Labute approximate surface area is 105 Å². The highest BCUT2D eigenvalue weighted by atomic mass is 16.5. The Kier molecular flexibility index (Phi) is 2.75. The summed E-state index contributed by atoms with van der Waals surface area (Å²) in [5, 5.41) is 8.31. The molecule has 2 aromatic rings. The number of hydrogen-bond acceptors (Lipinski definition) is 6. The van der Waals surface area contributed by atoms with Crippen LogP contribution in [0, 0.1) is 0 Å².